The minimum atomic E-state index is 1.04. The van der Waals surface area contributed by atoms with Crippen LogP contribution in [0.3, 0.4) is 0 Å². The largest absolute Gasteiger partial charge is 0.0654 e. The van der Waals surface area contributed by atoms with Gasteiger partial charge in [-0.15, -0.1) is 0 Å². The molecule has 65 valence electrons. The van der Waals surface area contributed by atoms with Gasteiger partial charge in [0.25, 0.3) is 0 Å². The lowest BCUT2D eigenvalue weighted by Gasteiger charge is -2.11. The molecule has 1 atom stereocenters. The molecule has 1 aliphatic carbocycles. The third kappa shape index (κ3) is 3.79. The SMILES string of the molecule is CCCCC1C[CH]CCCC1. The first-order valence-electron chi connectivity index (χ1n) is 5.25. The maximum atomic E-state index is 2.51. The molecule has 0 amide bonds. The molecule has 0 aromatic heterocycles. The van der Waals surface area contributed by atoms with E-state index in [1.54, 1.807) is 0 Å². The molecule has 0 aromatic carbocycles. The summed E-state index contributed by atoms with van der Waals surface area (Å²) in [6, 6.07) is 0. The van der Waals surface area contributed by atoms with E-state index in [-0.39, 0.29) is 0 Å². The zero-order valence-corrected chi connectivity index (χ0v) is 7.81. The van der Waals surface area contributed by atoms with Crippen LogP contribution in [0.25, 0.3) is 0 Å². The maximum Gasteiger partial charge on any atom is -0.0383 e. The molecule has 1 unspecified atom stereocenters. The number of unbranched alkanes of at least 4 members (excludes halogenated alkanes) is 1. The highest BCUT2D eigenvalue weighted by Crippen LogP contribution is 2.25. The first-order chi connectivity index (χ1) is 5.43. The average molecular weight is 153 g/mol. The molecule has 1 saturated carbocycles. The summed E-state index contributed by atoms with van der Waals surface area (Å²) in [7, 11) is 0. The van der Waals surface area contributed by atoms with Gasteiger partial charge in [-0.05, 0) is 18.8 Å². The van der Waals surface area contributed by atoms with Crippen molar-refractivity contribution in [1.82, 2.24) is 0 Å². The summed E-state index contributed by atoms with van der Waals surface area (Å²) < 4.78 is 0. The predicted octanol–water partition coefficient (Wildman–Crippen LogP) is 3.96. The Morgan fingerprint density at radius 1 is 1.36 bits per heavy atom. The van der Waals surface area contributed by atoms with Crippen LogP contribution in [-0.2, 0) is 0 Å². The van der Waals surface area contributed by atoms with Gasteiger partial charge >= 0.3 is 0 Å². The van der Waals surface area contributed by atoms with E-state index >= 15 is 0 Å². The van der Waals surface area contributed by atoms with Crippen LogP contribution < -0.4 is 0 Å². The first kappa shape index (κ1) is 9.09. The van der Waals surface area contributed by atoms with Crippen LogP contribution in [0.5, 0.6) is 0 Å². The van der Waals surface area contributed by atoms with Crippen molar-refractivity contribution in [3.8, 4) is 0 Å². The smallest absolute Gasteiger partial charge is 0.0383 e. The van der Waals surface area contributed by atoms with Gasteiger partial charge in [-0.3, -0.25) is 0 Å². The number of rotatable bonds is 3. The summed E-state index contributed by atoms with van der Waals surface area (Å²) >= 11 is 0. The van der Waals surface area contributed by atoms with Crippen LogP contribution in [0.4, 0.5) is 0 Å². The van der Waals surface area contributed by atoms with Crippen molar-refractivity contribution in [2.45, 2.75) is 58.3 Å². The van der Waals surface area contributed by atoms with E-state index in [1.165, 1.54) is 51.4 Å². The van der Waals surface area contributed by atoms with Gasteiger partial charge in [0.15, 0.2) is 0 Å². The zero-order chi connectivity index (χ0) is 7.94. The second kappa shape index (κ2) is 5.62. The Bertz CT molecular complexity index is 78.0. The summed E-state index contributed by atoms with van der Waals surface area (Å²) in [5, 5.41) is 0. The number of hydrogen-bond acceptors (Lipinski definition) is 0. The Balaban J connectivity index is 2.09. The molecule has 0 spiro atoms. The monoisotopic (exact) mass is 153 g/mol. The standard InChI is InChI=1S/C11H21/c1-2-3-8-11-9-6-4-5-7-10-11/h6,11H,2-5,7-10H2,1H3. The average Bonchev–Trinajstić information content (AvgIpc) is 2.28. The molecule has 0 heteroatoms. The van der Waals surface area contributed by atoms with Crippen LogP contribution in [-0.4, -0.2) is 0 Å². The van der Waals surface area contributed by atoms with Crippen LogP contribution in [0.2, 0.25) is 0 Å². The van der Waals surface area contributed by atoms with Crippen molar-refractivity contribution in [3.05, 3.63) is 6.42 Å². The fourth-order valence-electron chi connectivity index (χ4n) is 1.95. The fraction of sp³-hybridized carbons (Fsp3) is 0.909. The topological polar surface area (TPSA) is 0 Å². The van der Waals surface area contributed by atoms with E-state index in [1.807, 2.05) is 0 Å². The lowest BCUT2D eigenvalue weighted by atomic mass is 9.94. The third-order valence-electron chi connectivity index (χ3n) is 2.74. The highest BCUT2D eigenvalue weighted by atomic mass is 14.2. The lowest BCUT2D eigenvalue weighted by molar-refractivity contribution is 0.432. The van der Waals surface area contributed by atoms with Crippen molar-refractivity contribution in [3.63, 3.8) is 0 Å². The van der Waals surface area contributed by atoms with Gasteiger partial charge in [0, 0.05) is 0 Å². The fourth-order valence-corrected chi connectivity index (χ4v) is 1.95. The second-order valence-corrected chi connectivity index (χ2v) is 3.82. The van der Waals surface area contributed by atoms with E-state index in [4.69, 9.17) is 0 Å². The molecule has 0 N–H and O–H groups in total. The minimum Gasteiger partial charge on any atom is -0.0654 e. The molecule has 0 heterocycles. The summed E-state index contributed by atoms with van der Waals surface area (Å²) in [5.74, 6) is 1.04. The van der Waals surface area contributed by atoms with Gasteiger partial charge in [0.05, 0.1) is 0 Å². The van der Waals surface area contributed by atoms with Gasteiger partial charge in [-0.2, -0.15) is 0 Å². The highest BCUT2D eigenvalue weighted by Gasteiger charge is 2.10. The molecule has 1 rings (SSSR count). The molecule has 0 nitrogen and oxygen atoms in total. The quantitative estimate of drug-likeness (QED) is 0.538. The van der Waals surface area contributed by atoms with Crippen LogP contribution in [0.1, 0.15) is 58.3 Å². The summed E-state index contributed by atoms with van der Waals surface area (Å²) in [4.78, 5) is 0. The van der Waals surface area contributed by atoms with Crippen molar-refractivity contribution < 1.29 is 0 Å². The molecule has 0 saturated heterocycles. The van der Waals surface area contributed by atoms with Gasteiger partial charge in [-0.25, -0.2) is 0 Å². The molecule has 1 aliphatic rings. The van der Waals surface area contributed by atoms with Gasteiger partial charge < -0.3 is 0 Å². The molecule has 1 fully saturated rings. The molecule has 0 aromatic rings. The van der Waals surface area contributed by atoms with E-state index in [9.17, 15) is 0 Å². The summed E-state index contributed by atoms with van der Waals surface area (Å²) in [6.45, 7) is 2.29. The molecule has 0 aliphatic heterocycles. The Morgan fingerprint density at radius 2 is 2.27 bits per heavy atom. The summed E-state index contributed by atoms with van der Waals surface area (Å²) in [5.41, 5.74) is 0. The molecular weight excluding hydrogens is 132 g/mol. The van der Waals surface area contributed by atoms with E-state index < -0.39 is 0 Å². The van der Waals surface area contributed by atoms with Crippen LogP contribution in [0.15, 0.2) is 0 Å². The van der Waals surface area contributed by atoms with Crippen molar-refractivity contribution >= 4 is 0 Å². The maximum absolute atomic E-state index is 2.51. The second-order valence-electron chi connectivity index (χ2n) is 3.82. The Labute approximate surface area is 71.4 Å². The minimum absolute atomic E-state index is 1.04. The molecule has 1 radical (unpaired) electrons. The van der Waals surface area contributed by atoms with Gasteiger partial charge in [0.2, 0.25) is 0 Å². The summed E-state index contributed by atoms with van der Waals surface area (Å²) in [6.07, 6.45) is 14.0. The van der Waals surface area contributed by atoms with E-state index in [0.29, 0.717) is 0 Å². The Morgan fingerprint density at radius 3 is 3.09 bits per heavy atom. The number of hydrogen-bond donors (Lipinski definition) is 0. The van der Waals surface area contributed by atoms with E-state index in [0.717, 1.165) is 5.92 Å². The normalized spacial score (nSPS) is 21.5. The van der Waals surface area contributed by atoms with Crippen molar-refractivity contribution in [2.75, 3.05) is 0 Å². The van der Waals surface area contributed by atoms with Crippen molar-refractivity contribution in [2.24, 2.45) is 5.92 Å². The third-order valence-corrected chi connectivity index (χ3v) is 2.74. The Hall–Kier alpha value is 0. The highest BCUT2D eigenvalue weighted by molar-refractivity contribution is 4.75. The zero-order valence-electron chi connectivity index (χ0n) is 7.81. The lowest BCUT2D eigenvalue weighted by Crippen LogP contribution is -1.97. The predicted molar refractivity (Wildman–Crippen MR) is 50.4 cm³/mol. The molecule has 11 heavy (non-hydrogen) atoms. The van der Waals surface area contributed by atoms with Gasteiger partial charge in [-0.1, -0.05) is 51.9 Å². The van der Waals surface area contributed by atoms with E-state index in [2.05, 4.69) is 13.3 Å². The Kier molecular flexibility index (Phi) is 4.65. The van der Waals surface area contributed by atoms with Crippen LogP contribution >= 0.6 is 0 Å². The molecular formula is C11H21. The van der Waals surface area contributed by atoms with Gasteiger partial charge in [0.1, 0.15) is 0 Å². The first-order valence-corrected chi connectivity index (χ1v) is 5.25. The van der Waals surface area contributed by atoms with Crippen LogP contribution in [0, 0.1) is 12.3 Å². The molecule has 0 bridgehead atoms. The van der Waals surface area contributed by atoms with Crippen molar-refractivity contribution in [1.29, 1.82) is 0 Å².